The number of non-ortho nitro benzene ring substituents is 2. The highest BCUT2D eigenvalue weighted by molar-refractivity contribution is 5.94. The number of hydrogen-bond donors (Lipinski definition) is 4. The molecule has 2 aromatic carbocycles. The summed E-state index contributed by atoms with van der Waals surface area (Å²) in [5, 5.41) is 31.4. The largest absolute Gasteiger partial charge is 0.469 e. The number of anilines is 2. The van der Waals surface area contributed by atoms with Crippen molar-refractivity contribution in [3.05, 3.63) is 68.8 Å². The van der Waals surface area contributed by atoms with E-state index in [1.54, 1.807) is 0 Å². The fourth-order valence-corrected chi connectivity index (χ4v) is 3.94. The number of carbonyl (C=O) groups excluding carboxylic acids is 4. The topological polar surface area (TPSA) is 221 Å². The number of amides is 4. The number of methoxy groups -OCH3 is 2. The summed E-state index contributed by atoms with van der Waals surface area (Å²) in [6.07, 6.45) is 0. The van der Waals surface area contributed by atoms with Crippen molar-refractivity contribution in [1.82, 2.24) is 10.6 Å². The van der Waals surface area contributed by atoms with Gasteiger partial charge >= 0.3 is 24.0 Å². The average molecular weight is 530 g/mol. The summed E-state index contributed by atoms with van der Waals surface area (Å²) >= 11 is 0. The van der Waals surface area contributed by atoms with Crippen LogP contribution in [0.1, 0.15) is 0 Å². The zero-order valence-electron chi connectivity index (χ0n) is 19.9. The lowest BCUT2D eigenvalue weighted by atomic mass is 9.64. The number of benzene rings is 2. The first kappa shape index (κ1) is 27.3. The lowest BCUT2D eigenvalue weighted by Crippen LogP contribution is -2.73. The SMILES string of the molecule is COC(=O)C1C(NC(=O)Nc2ccc([N+](=O)[O-])cc2)C(C(=O)OC)C1NC(=O)Nc1ccc([N+](=O)[O-])cc1. The normalized spacial score (nSPS) is 19.6. The predicted octanol–water partition coefficient (Wildman–Crippen LogP) is 1.78. The number of rotatable bonds is 8. The molecule has 0 atom stereocenters. The molecule has 0 aromatic heterocycles. The van der Waals surface area contributed by atoms with Crippen molar-refractivity contribution >= 4 is 46.8 Å². The molecule has 200 valence electrons. The third-order valence-electron chi connectivity index (χ3n) is 5.76. The number of ether oxygens (including phenoxy) is 2. The lowest BCUT2D eigenvalue weighted by Gasteiger charge is -2.48. The minimum absolute atomic E-state index is 0.188. The van der Waals surface area contributed by atoms with Gasteiger partial charge in [-0.25, -0.2) is 9.59 Å². The van der Waals surface area contributed by atoms with Gasteiger partial charge in [0, 0.05) is 35.6 Å². The van der Waals surface area contributed by atoms with E-state index in [2.05, 4.69) is 21.3 Å². The van der Waals surface area contributed by atoms with Gasteiger partial charge in [-0.2, -0.15) is 0 Å². The third-order valence-corrected chi connectivity index (χ3v) is 5.76. The van der Waals surface area contributed by atoms with E-state index in [1.165, 1.54) is 48.5 Å². The zero-order chi connectivity index (χ0) is 28.0. The lowest BCUT2D eigenvalue weighted by molar-refractivity contribution is -0.385. The fraction of sp³-hybridized carbons (Fsp3) is 0.273. The molecule has 0 heterocycles. The van der Waals surface area contributed by atoms with Gasteiger partial charge in [0.2, 0.25) is 0 Å². The van der Waals surface area contributed by atoms with Crippen LogP contribution < -0.4 is 21.3 Å². The molecule has 4 N–H and O–H groups in total. The molecule has 0 radical (unpaired) electrons. The number of esters is 2. The van der Waals surface area contributed by atoms with Gasteiger partial charge in [-0.3, -0.25) is 29.8 Å². The Labute approximate surface area is 214 Å². The van der Waals surface area contributed by atoms with Crippen LogP contribution in [0.4, 0.5) is 32.3 Å². The number of nitro benzene ring substituents is 2. The van der Waals surface area contributed by atoms with Crippen LogP contribution >= 0.6 is 0 Å². The molecule has 1 aliphatic rings. The molecule has 16 heteroatoms. The maximum Gasteiger partial charge on any atom is 0.319 e. The Bertz CT molecular complexity index is 1140. The van der Waals surface area contributed by atoms with Crippen LogP contribution in [0.15, 0.2) is 48.5 Å². The second kappa shape index (κ2) is 11.6. The Morgan fingerprint density at radius 1 is 0.658 bits per heavy atom. The van der Waals surface area contributed by atoms with Gasteiger partial charge < -0.3 is 30.7 Å². The minimum Gasteiger partial charge on any atom is -0.469 e. The maximum atomic E-state index is 12.6. The van der Waals surface area contributed by atoms with Crippen LogP contribution in [0.2, 0.25) is 0 Å². The molecule has 3 rings (SSSR count). The molecule has 2 aromatic rings. The molecular weight excluding hydrogens is 508 g/mol. The molecule has 38 heavy (non-hydrogen) atoms. The van der Waals surface area contributed by atoms with Crippen LogP contribution in [0.25, 0.3) is 0 Å². The average Bonchev–Trinajstić information content (AvgIpc) is 2.88. The Morgan fingerprint density at radius 2 is 0.974 bits per heavy atom. The predicted molar refractivity (Wildman–Crippen MR) is 129 cm³/mol. The summed E-state index contributed by atoms with van der Waals surface area (Å²) in [6.45, 7) is 0. The van der Waals surface area contributed by atoms with Gasteiger partial charge in [0.1, 0.15) is 0 Å². The Balaban J connectivity index is 1.73. The standard InChI is InChI=1S/C22H22N6O10/c1-37-19(29)15-17(25-21(31)23-11-3-7-13(8-4-11)27(33)34)16(20(30)38-2)18(15)26-22(32)24-12-5-9-14(10-6-12)28(35)36/h3-10,15-18H,1-2H3,(H2,23,25,31)(H2,24,26,32). The van der Waals surface area contributed by atoms with E-state index in [4.69, 9.17) is 9.47 Å². The molecule has 0 saturated heterocycles. The summed E-state index contributed by atoms with van der Waals surface area (Å²) in [7, 11) is 2.19. The van der Waals surface area contributed by atoms with E-state index in [1.807, 2.05) is 0 Å². The van der Waals surface area contributed by atoms with Crippen LogP contribution in [-0.2, 0) is 19.1 Å². The van der Waals surface area contributed by atoms with Crippen molar-refractivity contribution in [3.63, 3.8) is 0 Å². The zero-order valence-corrected chi connectivity index (χ0v) is 19.9. The summed E-state index contributed by atoms with van der Waals surface area (Å²) < 4.78 is 9.57. The van der Waals surface area contributed by atoms with Crippen molar-refractivity contribution in [2.75, 3.05) is 24.9 Å². The summed E-state index contributed by atoms with van der Waals surface area (Å²) in [5.41, 5.74) is 0.0300. The van der Waals surface area contributed by atoms with Crippen molar-refractivity contribution in [2.45, 2.75) is 12.1 Å². The summed E-state index contributed by atoms with van der Waals surface area (Å²) in [5.74, 6) is -4.03. The highest BCUT2D eigenvalue weighted by Gasteiger charge is 2.60. The second-order valence-corrected chi connectivity index (χ2v) is 7.95. The molecule has 0 aliphatic heterocycles. The summed E-state index contributed by atoms with van der Waals surface area (Å²) in [6, 6.07) is 5.93. The second-order valence-electron chi connectivity index (χ2n) is 7.95. The highest BCUT2D eigenvalue weighted by Crippen LogP contribution is 2.37. The molecule has 16 nitrogen and oxygen atoms in total. The number of urea groups is 2. The first-order valence-corrected chi connectivity index (χ1v) is 10.8. The van der Waals surface area contributed by atoms with Crippen molar-refractivity contribution < 1.29 is 38.5 Å². The smallest absolute Gasteiger partial charge is 0.319 e. The highest BCUT2D eigenvalue weighted by atomic mass is 16.6. The van der Waals surface area contributed by atoms with E-state index >= 15 is 0 Å². The molecule has 0 unspecified atom stereocenters. The van der Waals surface area contributed by atoms with Crippen LogP contribution in [0.3, 0.4) is 0 Å². The van der Waals surface area contributed by atoms with Gasteiger partial charge in [0.25, 0.3) is 11.4 Å². The molecule has 1 aliphatic carbocycles. The molecule has 1 fully saturated rings. The van der Waals surface area contributed by atoms with Crippen molar-refractivity contribution in [2.24, 2.45) is 11.8 Å². The molecule has 1 saturated carbocycles. The van der Waals surface area contributed by atoms with E-state index < -0.39 is 57.8 Å². The van der Waals surface area contributed by atoms with Crippen LogP contribution in [0, 0.1) is 32.1 Å². The van der Waals surface area contributed by atoms with Crippen LogP contribution in [0.5, 0.6) is 0 Å². The monoisotopic (exact) mass is 530 g/mol. The van der Waals surface area contributed by atoms with Gasteiger partial charge in [0.15, 0.2) is 0 Å². The molecular formula is C22H22N6O10. The molecule has 0 spiro atoms. The van der Waals surface area contributed by atoms with Crippen molar-refractivity contribution in [1.29, 1.82) is 0 Å². The van der Waals surface area contributed by atoms with Gasteiger partial charge in [0.05, 0.1) is 48.0 Å². The first-order valence-electron chi connectivity index (χ1n) is 10.8. The maximum absolute atomic E-state index is 12.6. The van der Waals surface area contributed by atoms with Gasteiger partial charge in [-0.15, -0.1) is 0 Å². The van der Waals surface area contributed by atoms with E-state index in [0.29, 0.717) is 0 Å². The van der Waals surface area contributed by atoms with E-state index in [0.717, 1.165) is 14.2 Å². The Hall–Kier alpha value is -5.28. The molecule has 0 bridgehead atoms. The van der Waals surface area contributed by atoms with Gasteiger partial charge in [-0.1, -0.05) is 0 Å². The quantitative estimate of drug-likeness (QED) is 0.220. The van der Waals surface area contributed by atoms with E-state index in [9.17, 15) is 39.4 Å². The number of hydrogen-bond acceptors (Lipinski definition) is 10. The van der Waals surface area contributed by atoms with Crippen LogP contribution in [-0.4, -0.2) is 60.2 Å². The molecule has 4 amide bonds. The third kappa shape index (κ3) is 6.10. The number of nitrogens with zero attached hydrogens (tertiary/aromatic N) is 2. The first-order chi connectivity index (χ1) is 18.0. The Kier molecular flexibility index (Phi) is 8.36. The number of nitrogens with one attached hydrogen (secondary N) is 4. The number of carbonyl (C=O) groups is 4. The number of nitro groups is 2. The van der Waals surface area contributed by atoms with E-state index in [-0.39, 0.29) is 22.7 Å². The summed E-state index contributed by atoms with van der Waals surface area (Å²) in [4.78, 5) is 70.6. The Morgan fingerprint density at radius 3 is 1.24 bits per heavy atom. The van der Waals surface area contributed by atoms with Crippen molar-refractivity contribution in [3.8, 4) is 0 Å². The minimum atomic E-state index is -1.19. The fourth-order valence-electron chi connectivity index (χ4n) is 3.94. The van der Waals surface area contributed by atoms with Gasteiger partial charge in [-0.05, 0) is 24.3 Å².